The van der Waals surface area contributed by atoms with Crippen LogP contribution in [0, 0.1) is 18.6 Å². The number of halogens is 2. The molecule has 134 valence electrons. The second-order valence-electron chi connectivity index (χ2n) is 6.06. The lowest BCUT2D eigenvalue weighted by Gasteiger charge is -2.14. The van der Waals surface area contributed by atoms with Crippen LogP contribution in [0.25, 0.3) is 10.9 Å². The molecule has 2 heterocycles. The van der Waals surface area contributed by atoms with E-state index in [1.54, 1.807) is 19.9 Å². The van der Waals surface area contributed by atoms with Crippen LogP contribution in [0.4, 0.5) is 8.78 Å². The third-order valence-electron chi connectivity index (χ3n) is 3.92. The van der Waals surface area contributed by atoms with Crippen molar-refractivity contribution >= 4 is 16.9 Å². The second-order valence-corrected chi connectivity index (χ2v) is 6.06. The molecule has 1 atom stereocenters. The topological polar surface area (TPSA) is 72.0 Å². The molecule has 0 fully saturated rings. The SMILES string of the molecule is Cc1nc2cc[nH]c(=O)c2cc1C(=O)OC(C)Cc1cc(F)cc(F)c1. The van der Waals surface area contributed by atoms with Crippen molar-refractivity contribution in [2.45, 2.75) is 26.4 Å². The average molecular weight is 358 g/mol. The van der Waals surface area contributed by atoms with Crippen molar-refractivity contribution < 1.29 is 18.3 Å². The largest absolute Gasteiger partial charge is 0.459 e. The number of H-pyrrole nitrogens is 1. The number of benzene rings is 1. The highest BCUT2D eigenvalue weighted by Crippen LogP contribution is 2.16. The molecule has 5 nitrogen and oxygen atoms in total. The lowest BCUT2D eigenvalue weighted by atomic mass is 10.1. The number of aromatic nitrogens is 2. The molecule has 0 amide bonds. The molecule has 0 bridgehead atoms. The maximum Gasteiger partial charge on any atom is 0.340 e. The second kappa shape index (κ2) is 7.03. The number of nitrogens with one attached hydrogen (secondary N) is 1. The number of esters is 1. The van der Waals surface area contributed by atoms with Crippen molar-refractivity contribution in [1.29, 1.82) is 0 Å². The lowest BCUT2D eigenvalue weighted by molar-refractivity contribution is 0.0341. The van der Waals surface area contributed by atoms with Crippen LogP contribution in [0.2, 0.25) is 0 Å². The highest BCUT2D eigenvalue weighted by molar-refractivity contribution is 5.94. The van der Waals surface area contributed by atoms with Crippen LogP contribution in [0.5, 0.6) is 0 Å². The Hall–Kier alpha value is -3.09. The van der Waals surface area contributed by atoms with Crippen LogP contribution in [0.1, 0.15) is 28.5 Å². The summed E-state index contributed by atoms with van der Waals surface area (Å²) in [5, 5.41) is 0.282. The van der Waals surface area contributed by atoms with Gasteiger partial charge < -0.3 is 9.72 Å². The fourth-order valence-corrected chi connectivity index (χ4v) is 2.76. The first-order valence-corrected chi connectivity index (χ1v) is 7.98. The maximum atomic E-state index is 13.3. The number of hydrogen-bond acceptors (Lipinski definition) is 4. The summed E-state index contributed by atoms with van der Waals surface area (Å²) >= 11 is 0. The third kappa shape index (κ3) is 3.77. The number of ether oxygens (including phenoxy) is 1. The molecule has 0 radical (unpaired) electrons. The molecule has 0 spiro atoms. The first kappa shape index (κ1) is 17.7. The lowest BCUT2D eigenvalue weighted by Crippen LogP contribution is -2.19. The monoisotopic (exact) mass is 358 g/mol. The van der Waals surface area contributed by atoms with E-state index in [9.17, 15) is 18.4 Å². The summed E-state index contributed by atoms with van der Waals surface area (Å²) < 4.78 is 31.9. The molecule has 0 saturated heterocycles. The van der Waals surface area contributed by atoms with E-state index in [1.807, 2.05) is 0 Å². The molecule has 1 aromatic carbocycles. The Labute approximate surface area is 147 Å². The zero-order valence-corrected chi connectivity index (χ0v) is 14.2. The zero-order chi connectivity index (χ0) is 18.8. The molecule has 0 aliphatic carbocycles. The molecule has 1 N–H and O–H groups in total. The van der Waals surface area contributed by atoms with E-state index in [0.29, 0.717) is 16.8 Å². The van der Waals surface area contributed by atoms with E-state index in [2.05, 4.69) is 9.97 Å². The summed E-state index contributed by atoms with van der Waals surface area (Å²) in [7, 11) is 0. The Morgan fingerprint density at radius 3 is 2.62 bits per heavy atom. The number of fused-ring (bicyclic) bond motifs is 1. The summed E-state index contributed by atoms with van der Waals surface area (Å²) in [6.07, 6.45) is 1.02. The molecule has 0 aliphatic rings. The summed E-state index contributed by atoms with van der Waals surface area (Å²) in [5.74, 6) is -2.02. The molecule has 0 aliphatic heterocycles. The Balaban J connectivity index is 1.81. The minimum Gasteiger partial charge on any atom is -0.459 e. The molecule has 3 aromatic rings. The highest BCUT2D eigenvalue weighted by Gasteiger charge is 2.18. The number of rotatable bonds is 4. The van der Waals surface area contributed by atoms with Crippen LogP contribution in [-0.2, 0) is 11.2 Å². The van der Waals surface area contributed by atoms with Crippen LogP contribution in [-0.4, -0.2) is 22.0 Å². The number of nitrogens with zero attached hydrogens (tertiary/aromatic N) is 1. The van der Waals surface area contributed by atoms with Gasteiger partial charge in [-0.1, -0.05) is 0 Å². The van der Waals surface area contributed by atoms with Gasteiger partial charge in [-0.25, -0.2) is 13.6 Å². The van der Waals surface area contributed by atoms with Gasteiger partial charge in [-0.2, -0.15) is 0 Å². The standard InChI is InChI=1S/C19H16F2N2O3/c1-10(5-12-6-13(20)8-14(21)7-12)26-19(25)15-9-16-17(23-11(15)2)3-4-22-18(16)24/h3-4,6-10H,5H2,1-2H3,(H,22,24). The van der Waals surface area contributed by atoms with Crippen molar-refractivity contribution in [3.05, 3.63) is 75.3 Å². The van der Waals surface area contributed by atoms with Gasteiger partial charge in [0.2, 0.25) is 0 Å². The fraction of sp³-hybridized carbons (Fsp3) is 0.211. The van der Waals surface area contributed by atoms with Gasteiger partial charge in [0.25, 0.3) is 5.56 Å². The summed E-state index contributed by atoms with van der Waals surface area (Å²) in [6, 6.07) is 6.24. The minimum absolute atomic E-state index is 0.154. The van der Waals surface area contributed by atoms with Gasteiger partial charge in [0.05, 0.1) is 22.2 Å². The van der Waals surface area contributed by atoms with Gasteiger partial charge in [-0.3, -0.25) is 9.78 Å². The fourth-order valence-electron chi connectivity index (χ4n) is 2.76. The van der Waals surface area contributed by atoms with Crippen LogP contribution >= 0.6 is 0 Å². The van der Waals surface area contributed by atoms with Crippen molar-refractivity contribution in [2.75, 3.05) is 0 Å². The van der Waals surface area contributed by atoms with E-state index in [-0.39, 0.29) is 22.9 Å². The molecular formula is C19H16F2N2O3. The Morgan fingerprint density at radius 1 is 1.23 bits per heavy atom. The Morgan fingerprint density at radius 2 is 1.92 bits per heavy atom. The van der Waals surface area contributed by atoms with Gasteiger partial charge in [-0.15, -0.1) is 0 Å². The molecule has 1 unspecified atom stereocenters. The molecule has 2 aromatic heterocycles. The molecule has 0 saturated carbocycles. The van der Waals surface area contributed by atoms with E-state index in [1.165, 1.54) is 24.4 Å². The van der Waals surface area contributed by atoms with Crippen LogP contribution in [0.15, 0.2) is 41.3 Å². The quantitative estimate of drug-likeness (QED) is 0.727. The average Bonchev–Trinajstić information content (AvgIpc) is 2.53. The predicted octanol–water partition coefficient (Wildman–Crippen LogP) is 3.30. The summed E-state index contributed by atoms with van der Waals surface area (Å²) in [5.41, 5.74) is 1.11. The predicted molar refractivity (Wildman–Crippen MR) is 92.0 cm³/mol. The molecule has 3 rings (SSSR count). The van der Waals surface area contributed by atoms with E-state index >= 15 is 0 Å². The van der Waals surface area contributed by atoms with Gasteiger partial charge in [0.1, 0.15) is 17.7 Å². The van der Waals surface area contributed by atoms with Gasteiger partial charge >= 0.3 is 5.97 Å². The van der Waals surface area contributed by atoms with Gasteiger partial charge in [0, 0.05) is 18.7 Å². The van der Waals surface area contributed by atoms with Crippen LogP contribution < -0.4 is 5.56 Å². The van der Waals surface area contributed by atoms with E-state index < -0.39 is 23.7 Å². The number of aryl methyl sites for hydroxylation is 1. The number of aromatic amines is 1. The van der Waals surface area contributed by atoms with E-state index in [0.717, 1.165) is 6.07 Å². The Bertz CT molecular complexity index is 1030. The summed E-state index contributed by atoms with van der Waals surface area (Å²) in [6.45, 7) is 3.27. The number of hydrogen-bond donors (Lipinski definition) is 1. The normalized spacial score (nSPS) is 12.2. The Kier molecular flexibility index (Phi) is 4.79. The zero-order valence-electron chi connectivity index (χ0n) is 14.2. The minimum atomic E-state index is -0.688. The third-order valence-corrected chi connectivity index (χ3v) is 3.92. The van der Waals surface area contributed by atoms with E-state index in [4.69, 9.17) is 4.74 Å². The first-order valence-electron chi connectivity index (χ1n) is 7.98. The first-order chi connectivity index (χ1) is 12.3. The maximum absolute atomic E-state index is 13.3. The number of pyridine rings is 2. The molecule has 26 heavy (non-hydrogen) atoms. The molecule has 7 heteroatoms. The molecular weight excluding hydrogens is 342 g/mol. The smallest absolute Gasteiger partial charge is 0.340 e. The van der Waals surface area contributed by atoms with Gasteiger partial charge in [0.15, 0.2) is 0 Å². The van der Waals surface area contributed by atoms with Crippen molar-refractivity contribution in [2.24, 2.45) is 0 Å². The highest BCUT2D eigenvalue weighted by atomic mass is 19.1. The van der Waals surface area contributed by atoms with Gasteiger partial charge in [-0.05, 0) is 43.7 Å². The summed E-state index contributed by atoms with van der Waals surface area (Å²) in [4.78, 5) is 31.1. The number of carbonyl (C=O) groups excluding carboxylic acids is 1. The van der Waals surface area contributed by atoms with Crippen molar-refractivity contribution in [3.63, 3.8) is 0 Å². The van der Waals surface area contributed by atoms with Crippen molar-refractivity contribution in [3.8, 4) is 0 Å². The number of carbonyl (C=O) groups is 1. The van der Waals surface area contributed by atoms with Crippen molar-refractivity contribution in [1.82, 2.24) is 9.97 Å². The van der Waals surface area contributed by atoms with Crippen LogP contribution in [0.3, 0.4) is 0 Å².